The number of ether oxygens (including phenoxy) is 1. The van der Waals surface area contributed by atoms with Gasteiger partial charge in [-0.2, -0.15) is 0 Å². The number of ketones is 1. The van der Waals surface area contributed by atoms with E-state index in [0.717, 1.165) is 25.7 Å². The highest BCUT2D eigenvalue weighted by molar-refractivity contribution is 5.83. The summed E-state index contributed by atoms with van der Waals surface area (Å²) < 4.78 is 5.54. The molecule has 0 heterocycles. The van der Waals surface area contributed by atoms with Crippen molar-refractivity contribution in [1.82, 2.24) is 4.90 Å². The second-order valence-electron chi connectivity index (χ2n) is 4.49. The van der Waals surface area contributed by atoms with Gasteiger partial charge in [0.25, 0.3) is 0 Å². The minimum absolute atomic E-state index is 0.0273. The minimum Gasteiger partial charge on any atom is -0.380 e. The Kier molecular flexibility index (Phi) is 5.26. The van der Waals surface area contributed by atoms with E-state index >= 15 is 0 Å². The SMILES string of the molecule is CCC(=O)C(C)N(C)CCOCC1CC1. The second-order valence-corrected chi connectivity index (χ2v) is 4.49. The van der Waals surface area contributed by atoms with E-state index in [1.165, 1.54) is 12.8 Å². The Morgan fingerprint density at radius 3 is 2.73 bits per heavy atom. The predicted octanol–water partition coefficient (Wildman–Crippen LogP) is 1.71. The van der Waals surface area contributed by atoms with Crippen LogP contribution in [-0.4, -0.2) is 43.5 Å². The lowest BCUT2D eigenvalue weighted by molar-refractivity contribution is -0.123. The van der Waals surface area contributed by atoms with E-state index in [0.29, 0.717) is 12.2 Å². The Hall–Kier alpha value is -0.410. The van der Waals surface area contributed by atoms with E-state index in [2.05, 4.69) is 4.90 Å². The monoisotopic (exact) mass is 213 g/mol. The van der Waals surface area contributed by atoms with E-state index in [-0.39, 0.29) is 6.04 Å². The van der Waals surface area contributed by atoms with Crippen LogP contribution in [0.15, 0.2) is 0 Å². The van der Waals surface area contributed by atoms with Crippen LogP contribution in [0.25, 0.3) is 0 Å². The predicted molar refractivity (Wildman–Crippen MR) is 60.9 cm³/mol. The number of nitrogens with zero attached hydrogens (tertiary/aromatic N) is 1. The highest BCUT2D eigenvalue weighted by Gasteiger charge is 2.21. The molecule has 3 nitrogen and oxygen atoms in total. The van der Waals surface area contributed by atoms with Gasteiger partial charge in [-0.15, -0.1) is 0 Å². The zero-order valence-corrected chi connectivity index (χ0v) is 10.2. The summed E-state index contributed by atoms with van der Waals surface area (Å²) in [5, 5.41) is 0. The molecule has 1 aliphatic carbocycles. The molecule has 0 aromatic heterocycles. The number of carbonyl (C=O) groups excluding carboxylic acids is 1. The maximum Gasteiger partial charge on any atom is 0.149 e. The molecule has 0 amide bonds. The van der Waals surface area contributed by atoms with Crippen molar-refractivity contribution in [3.8, 4) is 0 Å². The van der Waals surface area contributed by atoms with Crippen molar-refractivity contribution >= 4 is 5.78 Å². The highest BCUT2D eigenvalue weighted by Crippen LogP contribution is 2.28. The van der Waals surface area contributed by atoms with Gasteiger partial charge in [0.05, 0.1) is 12.6 Å². The van der Waals surface area contributed by atoms with Gasteiger partial charge in [-0.1, -0.05) is 6.92 Å². The average molecular weight is 213 g/mol. The van der Waals surface area contributed by atoms with Crippen LogP contribution in [-0.2, 0) is 9.53 Å². The van der Waals surface area contributed by atoms with E-state index in [4.69, 9.17) is 4.74 Å². The van der Waals surface area contributed by atoms with Crippen LogP contribution in [0.4, 0.5) is 0 Å². The smallest absolute Gasteiger partial charge is 0.149 e. The number of rotatable bonds is 8. The summed E-state index contributed by atoms with van der Waals surface area (Å²) in [6, 6.07) is 0.0273. The molecular formula is C12H23NO2. The summed E-state index contributed by atoms with van der Waals surface area (Å²) in [6.07, 6.45) is 3.29. The number of likely N-dealkylation sites (N-methyl/N-ethyl adjacent to an activating group) is 1. The maximum atomic E-state index is 11.4. The van der Waals surface area contributed by atoms with Crippen molar-refractivity contribution in [1.29, 1.82) is 0 Å². The number of carbonyl (C=O) groups is 1. The second kappa shape index (κ2) is 6.23. The molecule has 0 aromatic carbocycles. The van der Waals surface area contributed by atoms with Gasteiger partial charge in [-0.3, -0.25) is 9.69 Å². The summed E-state index contributed by atoms with van der Waals surface area (Å²) in [7, 11) is 1.98. The first kappa shape index (κ1) is 12.7. The zero-order chi connectivity index (χ0) is 11.3. The van der Waals surface area contributed by atoms with Crippen LogP contribution in [0, 0.1) is 5.92 Å². The number of hydrogen-bond donors (Lipinski definition) is 0. The molecule has 0 N–H and O–H groups in total. The quantitative estimate of drug-likeness (QED) is 0.575. The van der Waals surface area contributed by atoms with Crippen LogP contribution in [0.5, 0.6) is 0 Å². The topological polar surface area (TPSA) is 29.5 Å². The molecule has 1 saturated carbocycles. The summed E-state index contributed by atoms with van der Waals surface area (Å²) in [5.74, 6) is 1.13. The van der Waals surface area contributed by atoms with Crippen LogP contribution in [0.2, 0.25) is 0 Å². The van der Waals surface area contributed by atoms with E-state index in [9.17, 15) is 4.79 Å². The molecule has 0 spiro atoms. The standard InChI is InChI=1S/C12H23NO2/c1-4-12(14)10(2)13(3)7-8-15-9-11-5-6-11/h10-11H,4-9H2,1-3H3. The Labute approximate surface area is 92.8 Å². The molecule has 0 saturated heterocycles. The molecule has 88 valence electrons. The molecule has 1 atom stereocenters. The highest BCUT2D eigenvalue weighted by atomic mass is 16.5. The largest absolute Gasteiger partial charge is 0.380 e. The van der Waals surface area contributed by atoms with Gasteiger partial charge >= 0.3 is 0 Å². The van der Waals surface area contributed by atoms with Gasteiger partial charge < -0.3 is 4.74 Å². The molecule has 1 rings (SSSR count). The molecule has 15 heavy (non-hydrogen) atoms. The first-order valence-corrected chi connectivity index (χ1v) is 5.95. The fraction of sp³-hybridized carbons (Fsp3) is 0.917. The summed E-state index contributed by atoms with van der Waals surface area (Å²) in [5.41, 5.74) is 0. The molecule has 0 bridgehead atoms. The first-order chi connectivity index (χ1) is 7.15. The molecule has 0 aromatic rings. The molecule has 3 heteroatoms. The summed E-state index contributed by atoms with van der Waals surface area (Å²) >= 11 is 0. The lowest BCUT2D eigenvalue weighted by Gasteiger charge is -2.22. The molecule has 0 radical (unpaired) electrons. The lowest BCUT2D eigenvalue weighted by atomic mass is 10.1. The van der Waals surface area contributed by atoms with Crippen LogP contribution in [0.1, 0.15) is 33.1 Å². The average Bonchev–Trinajstić information content (AvgIpc) is 3.05. The van der Waals surface area contributed by atoms with E-state index in [1.54, 1.807) is 0 Å². The van der Waals surface area contributed by atoms with Crippen LogP contribution < -0.4 is 0 Å². The molecular weight excluding hydrogens is 190 g/mol. The molecule has 0 aliphatic heterocycles. The van der Waals surface area contributed by atoms with Crippen LogP contribution in [0.3, 0.4) is 0 Å². The van der Waals surface area contributed by atoms with Gasteiger partial charge in [0.2, 0.25) is 0 Å². The van der Waals surface area contributed by atoms with Gasteiger partial charge in [0.15, 0.2) is 0 Å². The molecule has 1 unspecified atom stereocenters. The van der Waals surface area contributed by atoms with E-state index in [1.807, 2.05) is 20.9 Å². The van der Waals surface area contributed by atoms with E-state index < -0.39 is 0 Å². The first-order valence-electron chi connectivity index (χ1n) is 5.95. The van der Waals surface area contributed by atoms with Crippen molar-refractivity contribution in [2.24, 2.45) is 5.92 Å². The van der Waals surface area contributed by atoms with Gasteiger partial charge in [0.1, 0.15) is 5.78 Å². The van der Waals surface area contributed by atoms with Crippen molar-refractivity contribution in [3.63, 3.8) is 0 Å². The van der Waals surface area contributed by atoms with Gasteiger partial charge in [0, 0.05) is 19.6 Å². The third kappa shape index (κ3) is 4.76. The minimum atomic E-state index is 0.0273. The Morgan fingerprint density at radius 1 is 1.53 bits per heavy atom. The Balaban J connectivity index is 2.05. The number of Topliss-reactive ketones (excluding diaryl/α,β-unsaturated/α-hetero) is 1. The molecule has 1 aliphatic rings. The summed E-state index contributed by atoms with van der Waals surface area (Å²) in [4.78, 5) is 13.5. The number of hydrogen-bond acceptors (Lipinski definition) is 3. The molecule has 1 fully saturated rings. The normalized spacial score (nSPS) is 18.1. The van der Waals surface area contributed by atoms with Crippen molar-refractivity contribution in [2.75, 3.05) is 26.8 Å². The van der Waals surface area contributed by atoms with Crippen molar-refractivity contribution in [3.05, 3.63) is 0 Å². The Morgan fingerprint density at radius 2 is 2.20 bits per heavy atom. The van der Waals surface area contributed by atoms with Crippen molar-refractivity contribution < 1.29 is 9.53 Å². The van der Waals surface area contributed by atoms with Crippen molar-refractivity contribution in [2.45, 2.75) is 39.2 Å². The Bertz CT molecular complexity index is 202. The third-order valence-corrected chi connectivity index (χ3v) is 3.11. The third-order valence-electron chi connectivity index (χ3n) is 3.11. The summed E-state index contributed by atoms with van der Waals surface area (Å²) in [6.45, 7) is 6.38. The lowest BCUT2D eigenvalue weighted by Crippen LogP contribution is -2.37. The van der Waals surface area contributed by atoms with Gasteiger partial charge in [-0.05, 0) is 32.7 Å². The fourth-order valence-corrected chi connectivity index (χ4v) is 1.48. The van der Waals surface area contributed by atoms with Crippen LogP contribution >= 0.6 is 0 Å². The zero-order valence-electron chi connectivity index (χ0n) is 10.2. The van der Waals surface area contributed by atoms with Gasteiger partial charge in [-0.25, -0.2) is 0 Å². The fourth-order valence-electron chi connectivity index (χ4n) is 1.48. The maximum absolute atomic E-state index is 11.4.